The van der Waals surface area contributed by atoms with Gasteiger partial charge in [-0.25, -0.2) is 4.98 Å². The van der Waals surface area contributed by atoms with E-state index in [9.17, 15) is 4.79 Å². The molecule has 1 unspecified atom stereocenters. The van der Waals surface area contributed by atoms with E-state index in [0.717, 1.165) is 28.8 Å². The van der Waals surface area contributed by atoms with Gasteiger partial charge in [0.05, 0.1) is 43.7 Å². The van der Waals surface area contributed by atoms with Crippen LogP contribution in [0.4, 0.5) is 5.13 Å². The van der Waals surface area contributed by atoms with Crippen molar-refractivity contribution in [3.05, 3.63) is 30.0 Å². The Hall–Kier alpha value is -2.98. The predicted octanol–water partition coefficient (Wildman–Crippen LogP) is 3.33. The van der Waals surface area contributed by atoms with Crippen molar-refractivity contribution in [2.75, 3.05) is 38.9 Å². The van der Waals surface area contributed by atoms with Gasteiger partial charge in [-0.15, -0.1) is 0 Å². The smallest absolute Gasteiger partial charge is 0.320 e. The lowest BCUT2D eigenvalue weighted by molar-refractivity contribution is 0.0912. The van der Waals surface area contributed by atoms with E-state index in [1.165, 1.54) is 31.6 Å². The average Bonchev–Trinajstić information content (AvgIpc) is 3.46. The number of benzene rings is 1. The maximum atomic E-state index is 13.5. The minimum atomic E-state index is -0.321. The highest BCUT2D eigenvalue weighted by molar-refractivity contribution is 7.22. The summed E-state index contributed by atoms with van der Waals surface area (Å²) < 4.78 is 22.6. The molecule has 1 aliphatic heterocycles. The normalized spacial score (nSPS) is 15.8. The van der Waals surface area contributed by atoms with Crippen LogP contribution < -0.4 is 19.1 Å². The Kier molecular flexibility index (Phi) is 6.47. The molecular weight excluding hydrogens is 420 g/mol. The van der Waals surface area contributed by atoms with Gasteiger partial charge in [-0.3, -0.25) is 9.69 Å². The van der Waals surface area contributed by atoms with E-state index in [1.54, 1.807) is 4.90 Å². The zero-order chi connectivity index (χ0) is 21.8. The quantitative estimate of drug-likeness (QED) is 0.522. The molecule has 0 spiro atoms. The molecule has 164 valence electrons. The van der Waals surface area contributed by atoms with Crippen LogP contribution in [-0.4, -0.2) is 60.9 Å². The standard InChI is InChI=1S/C21H24N4O5S/c1-4-29-13-7-8-15-17(10-13)31-21(23-15)25(12-14-6-5-9-30-14)19(26)16-11-18(27-2)24-20(22-16)28-3/h7-8,10-11,14H,4-6,9,12H2,1-3H3. The molecule has 4 rings (SSSR count). The first-order chi connectivity index (χ1) is 15.1. The number of thiazole rings is 1. The van der Waals surface area contributed by atoms with Crippen LogP contribution >= 0.6 is 11.3 Å². The molecule has 1 fully saturated rings. The summed E-state index contributed by atoms with van der Waals surface area (Å²) in [7, 11) is 2.92. The first kappa shape index (κ1) is 21.3. The molecule has 1 amide bonds. The van der Waals surface area contributed by atoms with Crippen molar-refractivity contribution in [1.29, 1.82) is 0 Å². The highest BCUT2D eigenvalue weighted by atomic mass is 32.1. The highest BCUT2D eigenvalue weighted by Crippen LogP contribution is 2.33. The second-order valence-corrected chi connectivity index (χ2v) is 7.90. The van der Waals surface area contributed by atoms with Crippen LogP contribution in [0.3, 0.4) is 0 Å². The Bertz CT molecular complexity index is 1040. The number of fused-ring (bicyclic) bond motifs is 1. The summed E-state index contributed by atoms with van der Waals surface area (Å²) in [4.78, 5) is 28.1. The Labute approximate surface area is 183 Å². The van der Waals surface area contributed by atoms with E-state index < -0.39 is 0 Å². The Morgan fingerprint density at radius 3 is 2.81 bits per heavy atom. The molecule has 0 saturated carbocycles. The lowest BCUT2D eigenvalue weighted by atomic mass is 10.2. The van der Waals surface area contributed by atoms with Gasteiger partial charge in [0.1, 0.15) is 11.4 Å². The topological polar surface area (TPSA) is 95.9 Å². The summed E-state index contributed by atoms with van der Waals surface area (Å²) in [6.07, 6.45) is 1.81. The molecular formula is C21H24N4O5S. The third-order valence-corrected chi connectivity index (χ3v) is 5.88. The number of amides is 1. The van der Waals surface area contributed by atoms with E-state index in [4.69, 9.17) is 23.9 Å². The SMILES string of the molecule is CCOc1ccc2nc(N(CC3CCCO3)C(=O)c3cc(OC)nc(OC)n3)sc2c1. The van der Waals surface area contributed by atoms with E-state index in [0.29, 0.717) is 24.9 Å². The minimum Gasteiger partial charge on any atom is -0.494 e. The van der Waals surface area contributed by atoms with Crippen LogP contribution in [0, 0.1) is 0 Å². The molecule has 9 nitrogen and oxygen atoms in total. The van der Waals surface area contributed by atoms with Crippen molar-refractivity contribution in [1.82, 2.24) is 15.0 Å². The van der Waals surface area contributed by atoms with Crippen LogP contribution in [0.5, 0.6) is 17.6 Å². The molecule has 3 aromatic rings. The number of hydrogen-bond acceptors (Lipinski definition) is 9. The third-order valence-electron chi connectivity index (χ3n) is 4.84. The third kappa shape index (κ3) is 4.70. The number of anilines is 1. The lowest BCUT2D eigenvalue weighted by Gasteiger charge is -2.22. The largest absolute Gasteiger partial charge is 0.494 e. The Morgan fingerprint density at radius 2 is 2.10 bits per heavy atom. The van der Waals surface area contributed by atoms with E-state index in [1.807, 2.05) is 25.1 Å². The average molecular weight is 445 g/mol. The highest BCUT2D eigenvalue weighted by Gasteiger charge is 2.28. The molecule has 2 aromatic heterocycles. The number of carbonyl (C=O) groups excluding carboxylic acids is 1. The maximum absolute atomic E-state index is 13.5. The van der Waals surface area contributed by atoms with Crippen molar-refractivity contribution in [2.45, 2.75) is 25.9 Å². The Balaban J connectivity index is 1.72. The van der Waals surface area contributed by atoms with Crippen molar-refractivity contribution < 1.29 is 23.7 Å². The number of hydrogen-bond donors (Lipinski definition) is 0. The number of methoxy groups -OCH3 is 2. The summed E-state index contributed by atoms with van der Waals surface area (Å²) in [6, 6.07) is 7.26. The van der Waals surface area contributed by atoms with Gasteiger partial charge in [-0.2, -0.15) is 9.97 Å². The van der Waals surface area contributed by atoms with Gasteiger partial charge in [0.2, 0.25) is 5.88 Å². The fraction of sp³-hybridized carbons (Fsp3) is 0.429. The van der Waals surface area contributed by atoms with Crippen LogP contribution in [-0.2, 0) is 4.74 Å². The summed E-state index contributed by atoms with van der Waals surface area (Å²) in [5.41, 5.74) is 0.961. The molecule has 1 saturated heterocycles. The summed E-state index contributed by atoms with van der Waals surface area (Å²) in [6.45, 7) is 3.59. The summed E-state index contributed by atoms with van der Waals surface area (Å²) >= 11 is 1.42. The zero-order valence-corrected chi connectivity index (χ0v) is 18.5. The number of aromatic nitrogens is 3. The summed E-state index contributed by atoms with van der Waals surface area (Å²) in [5, 5.41) is 0.570. The van der Waals surface area contributed by atoms with Gasteiger partial charge >= 0.3 is 6.01 Å². The van der Waals surface area contributed by atoms with Gasteiger partial charge in [-0.1, -0.05) is 11.3 Å². The van der Waals surface area contributed by atoms with Gasteiger partial charge < -0.3 is 18.9 Å². The lowest BCUT2D eigenvalue weighted by Crippen LogP contribution is -2.38. The Morgan fingerprint density at radius 1 is 1.23 bits per heavy atom. The molecule has 10 heteroatoms. The molecule has 1 aliphatic rings. The molecule has 1 aromatic carbocycles. The second-order valence-electron chi connectivity index (χ2n) is 6.89. The molecule has 0 N–H and O–H groups in total. The first-order valence-electron chi connectivity index (χ1n) is 10.0. The molecule has 31 heavy (non-hydrogen) atoms. The second kappa shape index (κ2) is 9.44. The fourth-order valence-corrected chi connectivity index (χ4v) is 4.35. The maximum Gasteiger partial charge on any atom is 0.320 e. The number of ether oxygens (including phenoxy) is 4. The monoisotopic (exact) mass is 444 g/mol. The van der Waals surface area contributed by atoms with E-state index >= 15 is 0 Å². The molecule has 3 heterocycles. The van der Waals surface area contributed by atoms with Gasteiger partial charge in [0.25, 0.3) is 5.91 Å². The molecule has 0 bridgehead atoms. The van der Waals surface area contributed by atoms with E-state index in [-0.39, 0.29) is 29.6 Å². The van der Waals surface area contributed by atoms with Crippen molar-refractivity contribution in [3.63, 3.8) is 0 Å². The molecule has 0 aliphatic carbocycles. The first-order valence-corrected chi connectivity index (χ1v) is 10.9. The van der Waals surface area contributed by atoms with Crippen LogP contribution in [0.25, 0.3) is 10.2 Å². The van der Waals surface area contributed by atoms with Crippen molar-refractivity contribution in [2.24, 2.45) is 0 Å². The number of nitrogens with zero attached hydrogens (tertiary/aromatic N) is 4. The van der Waals surface area contributed by atoms with E-state index in [2.05, 4.69) is 9.97 Å². The van der Waals surface area contributed by atoms with Crippen LogP contribution in [0.2, 0.25) is 0 Å². The van der Waals surface area contributed by atoms with Crippen molar-refractivity contribution >= 4 is 32.6 Å². The van der Waals surface area contributed by atoms with Gasteiger partial charge in [-0.05, 0) is 38.0 Å². The van der Waals surface area contributed by atoms with Crippen molar-refractivity contribution in [3.8, 4) is 17.6 Å². The summed E-state index contributed by atoms with van der Waals surface area (Å²) in [5.74, 6) is 0.698. The number of rotatable bonds is 8. The molecule has 1 atom stereocenters. The van der Waals surface area contributed by atoms with Gasteiger partial charge in [0, 0.05) is 12.7 Å². The molecule has 0 radical (unpaired) electrons. The number of carbonyl (C=O) groups is 1. The predicted molar refractivity (Wildman–Crippen MR) is 117 cm³/mol. The van der Waals surface area contributed by atoms with Crippen LogP contribution in [0.1, 0.15) is 30.3 Å². The van der Waals surface area contributed by atoms with Gasteiger partial charge in [0.15, 0.2) is 5.13 Å². The fourth-order valence-electron chi connectivity index (χ4n) is 3.35. The van der Waals surface area contributed by atoms with Crippen LogP contribution in [0.15, 0.2) is 24.3 Å². The minimum absolute atomic E-state index is 0.0550. The zero-order valence-electron chi connectivity index (χ0n) is 17.7.